The molecule has 2 amide bonds. The van der Waals surface area contributed by atoms with Crippen molar-refractivity contribution in [2.45, 2.75) is 32.9 Å². The van der Waals surface area contributed by atoms with E-state index in [1.54, 1.807) is 6.07 Å². The summed E-state index contributed by atoms with van der Waals surface area (Å²) in [6.45, 7) is 2.79. The number of imide groups is 1. The van der Waals surface area contributed by atoms with Gasteiger partial charge in [-0.05, 0) is 36.0 Å². The minimum Gasteiger partial charge on any atom is -0.326 e. The molecular weight excluding hydrogens is 288 g/mol. The number of carbonyl (C=O) groups excluding carboxylic acids is 2. The number of hydrogen-bond acceptors (Lipinski definition) is 3. The maximum Gasteiger partial charge on any atom is 0.233 e. The average Bonchev–Trinajstić information content (AvgIpc) is 2.94. The van der Waals surface area contributed by atoms with Crippen molar-refractivity contribution in [1.82, 2.24) is 4.90 Å². The fourth-order valence-corrected chi connectivity index (χ4v) is 3.78. The number of carbonyl (C=O) groups is 2. The number of nitrogens with two attached hydrogens (primary N) is 1. The molecule has 3 rings (SSSR count). The lowest BCUT2D eigenvalue weighted by Gasteiger charge is -2.18. The Hall–Kier alpha value is -1.39. The van der Waals surface area contributed by atoms with Gasteiger partial charge in [-0.2, -0.15) is 0 Å². The second kappa shape index (κ2) is 5.43. The van der Waals surface area contributed by atoms with E-state index in [9.17, 15) is 9.59 Å². The summed E-state index contributed by atoms with van der Waals surface area (Å²) >= 11 is 6.22. The molecule has 0 bridgehead atoms. The van der Waals surface area contributed by atoms with Crippen LogP contribution >= 0.6 is 11.6 Å². The minimum absolute atomic E-state index is 0.0340. The normalized spacial score (nSPS) is 28.3. The summed E-state index contributed by atoms with van der Waals surface area (Å²) in [5.41, 5.74) is 7.31. The number of fused-ring (bicyclic) bond motifs is 1. The topological polar surface area (TPSA) is 63.4 Å². The molecule has 0 spiro atoms. The number of rotatable bonds is 3. The Morgan fingerprint density at radius 2 is 1.86 bits per heavy atom. The zero-order valence-corrected chi connectivity index (χ0v) is 12.8. The average molecular weight is 307 g/mol. The first kappa shape index (κ1) is 14.5. The summed E-state index contributed by atoms with van der Waals surface area (Å²) in [5.74, 6) is 0.160. The summed E-state index contributed by atoms with van der Waals surface area (Å²) in [6.07, 6.45) is 1.65. The molecule has 2 fully saturated rings. The molecular formula is C16H19ClN2O2. The molecule has 1 aliphatic heterocycles. The Bertz CT molecular complexity index is 578. The Kier molecular flexibility index (Phi) is 3.76. The summed E-state index contributed by atoms with van der Waals surface area (Å²) < 4.78 is 0. The minimum atomic E-state index is -0.116. The summed E-state index contributed by atoms with van der Waals surface area (Å²) in [6, 6.07) is 5.53. The van der Waals surface area contributed by atoms with E-state index in [1.165, 1.54) is 4.90 Å². The van der Waals surface area contributed by atoms with Gasteiger partial charge in [0.2, 0.25) is 11.8 Å². The summed E-state index contributed by atoms with van der Waals surface area (Å²) in [4.78, 5) is 26.2. The molecule has 0 radical (unpaired) electrons. The second-order valence-corrected chi connectivity index (χ2v) is 6.59. The van der Waals surface area contributed by atoms with Gasteiger partial charge in [-0.15, -0.1) is 0 Å². The summed E-state index contributed by atoms with van der Waals surface area (Å²) in [7, 11) is 0. The highest BCUT2D eigenvalue weighted by Crippen LogP contribution is 2.43. The molecule has 2 aliphatic rings. The van der Waals surface area contributed by atoms with Crippen molar-refractivity contribution < 1.29 is 9.59 Å². The molecule has 0 aromatic heterocycles. The standard InChI is InChI=1S/C16H19ClN2O2/c1-9-4-12-13(5-9)16(21)19(15(12)20)8-11-3-2-10(7-18)6-14(11)17/h2-3,6,9,12-13H,4-5,7-8,18H2,1H3. The number of halogens is 1. The van der Waals surface area contributed by atoms with Crippen LogP contribution in [-0.2, 0) is 22.7 Å². The lowest BCUT2D eigenvalue weighted by atomic mass is 10.00. The molecule has 1 saturated carbocycles. The van der Waals surface area contributed by atoms with Crippen LogP contribution in [0.2, 0.25) is 5.02 Å². The van der Waals surface area contributed by atoms with Gasteiger partial charge in [-0.25, -0.2) is 0 Å². The number of benzene rings is 1. The summed E-state index contributed by atoms with van der Waals surface area (Å²) in [5, 5.41) is 0.559. The van der Waals surface area contributed by atoms with E-state index in [-0.39, 0.29) is 30.2 Å². The second-order valence-electron chi connectivity index (χ2n) is 6.18. The molecule has 1 aliphatic carbocycles. The lowest BCUT2D eigenvalue weighted by molar-refractivity contribution is -0.141. The number of nitrogens with zero attached hydrogens (tertiary/aromatic N) is 1. The fraction of sp³-hybridized carbons (Fsp3) is 0.500. The third-order valence-electron chi connectivity index (χ3n) is 4.65. The van der Waals surface area contributed by atoms with Crippen LogP contribution in [0, 0.1) is 17.8 Å². The molecule has 4 nitrogen and oxygen atoms in total. The van der Waals surface area contributed by atoms with Crippen molar-refractivity contribution in [3.63, 3.8) is 0 Å². The van der Waals surface area contributed by atoms with Crippen LogP contribution in [0.15, 0.2) is 18.2 Å². The van der Waals surface area contributed by atoms with Gasteiger partial charge in [0.1, 0.15) is 0 Å². The molecule has 5 heteroatoms. The van der Waals surface area contributed by atoms with Crippen LogP contribution in [0.25, 0.3) is 0 Å². The van der Waals surface area contributed by atoms with Gasteiger partial charge in [-0.1, -0.05) is 30.7 Å². The molecule has 21 heavy (non-hydrogen) atoms. The highest BCUT2D eigenvalue weighted by molar-refractivity contribution is 6.31. The van der Waals surface area contributed by atoms with Gasteiger partial charge in [0, 0.05) is 11.6 Å². The van der Waals surface area contributed by atoms with Gasteiger partial charge in [-0.3, -0.25) is 14.5 Å². The van der Waals surface area contributed by atoms with Crippen LogP contribution in [0.1, 0.15) is 30.9 Å². The lowest BCUT2D eigenvalue weighted by Crippen LogP contribution is -2.31. The molecule has 2 unspecified atom stereocenters. The highest BCUT2D eigenvalue weighted by Gasteiger charge is 2.51. The van der Waals surface area contributed by atoms with Gasteiger partial charge in [0.05, 0.1) is 18.4 Å². The first-order valence-electron chi connectivity index (χ1n) is 7.34. The molecule has 1 aromatic carbocycles. The van der Waals surface area contributed by atoms with Crippen LogP contribution in [0.3, 0.4) is 0 Å². The molecule has 1 heterocycles. The monoisotopic (exact) mass is 306 g/mol. The van der Waals surface area contributed by atoms with E-state index >= 15 is 0 Å². The Labute approximate surface area is 129 Å². The van der Waals surface area contributed by atoms with E-state index in [1.807, 2.05) is 12.1 Å². The van der Waals surface area contributed by atoms with Crippen LogP contribution in [0.5, 0.6) is 0 Å². The predicted molar refractivity (Wildman–Crippen MR) is 80.3 cm³/mol. The van der Waals surface area contributed by atoms with E-state index in [4.69, 9.17) is 17.3 Å². The third kappa shape index (κ3) is 2.47. The Morgan fingerprint density at radius 3 is 2.38 bits per heavy atom. The van der Waals surface area contributed by atoms with Crippen molar-refractivity contribution in [3.8, 4) is 0 Å². The van der Waals surface area contributed by atoms with Crippen LogP contribution < -0.4 is 5.73 Å². The van der Waals surface area contributed by atoms with E-state index < -0.39 is 0 Å². The molecule has 112 valence electrons. The Morgan fingerprint density at radius 1 is 1.24 bits per heavy atom. The smallest absolute Gasteiger partial charge is 0.233 e. The molecule has 2 atom stereocenters. The van der Waals surface area contributed by atoms with Crippen LogP contribution in [-0.4, -0.2) is 16.7 Å². The zero-order chi connectivity index (χ0) is 15.1. The quantitative estimate of drug-likeness (QED) is 0.872. The maximum atomic E-state index is 12.4. The highest BCUT2D eigenvalue weighted by atomic mass is 35.5. The molecule has 1 aromatic rings. The van der Waals surface area contributed by atoms with Gasteiger partial charge in [0.15, 0.2) is 0 Å². The van der Waals surface area contributed by atoms with Crippen molar-refractivity contribution >= 4 is 23.4 Å². The first-order valence-corrected chi connectivity index (χ1v) is 7.71. The van der Waals surface area contributed by atoms with Crippen molar-refractivity contribution in [2.75, 3.05) is 0 Å². The SMILES string of the molecule is CC1CC2C(=O)N(Cc3ccc(CN)cc3Cl)C(=O)C2C1. The van der Waals surface area contributed by atoms with E-state index in [2.05, 4.69) is 6.92 Å². The van der Waals surface area contributed by atoms with Gasteiger partial charge >= 0.3 is 0 Å². The van der Waals surface area contributed by atoms with Crippen molar-refractivity contribution in [3.05, 3.63) is 34.3 Å². The third-order valence-corrected chi connectivity index (χ3v) is 5.00. The predicted octanol–water partition coefficient (Wildman–Crippen LogP) is 2.33. The van der Waals surface area contributed by atoms with E-state index in [0.717, 1.165) is 24.0 Å². The molecule has 1 saturated heterocycles. The number of likely N-dealkylation sites (tertiary alicyclic amines) is 1. The van der Waals surface area contributed by atoms with Crippen LogP contribution in [0.4, 0.5) is 0 Å². The van der Waals surface area contributed by atoms with E-state index in [0.29, 0.717) is 17.5 Å². The number of amides is 2. The van der Waals surface area contributed by atoms with Gasteiger partial charge in [0.25, 0.3) is 0 Å². The fourth-order valence-electron chi connectivity index (χ4n) is 3.52. The zero-order valence-electron chi connectivity index (χ0n) is 12.0. The molecule has 2 N–H and O–H groups in total. The first-order chi connectivity index (χ1) is 10.0. The van der Waals surface area contributed by atoms with Gasteiger partial charge < -0.3 is 5.73 Å². The number of hydrogen-bond donors (Lipinski definition) is 1. The Balaban J connectivity index is 1.80. The van der Waals surface area contributed by atoms with Crippen molar-refractivity contribution in [2.24, 2.45) is 23.5 Å². The largest absolute Gasteiger partial charge is 0.326 e. The maximum absolute atomic E-state index is 12.4. The van der Waals surface area contributed by atoms with Crippen molar-refractivity contribution in [1.29, 1.82) is 0 Å².